The summed E-state index contributed by atoms with van der Waals surface area (Å²) >= 11 is 0. The molecule has 3 aromatic carbocycles. The molecule has 6 nitrogen and oxygen atoms in total. The van der Waals surface area contributed by atoms with Crippen LogP contribution in [0.1, 0.15) is 29.3 Å². The Kier molecular flexibility index (Phi) is 7.20. The molecular weight excluding hydrogens is 410 g/mol. The van der Waals surface area contributed by atoms with Crippen molar-refractivity contribution in [1.29, 1.82) is 0 Å². The quantitative estimate of drug-likeness (QED) is 0.424. The largest absolute Gasteiger partial charge is 0.271 e. The molecule has 0 spiro atoms. The van der Waals surface area contributed by atoms with Gasteiger partial charge in [0.25, 0.3) is 15.9 Å². The topological polar surface area (TPSA) is 78.8 Å². The summed E-state index contributed by atoms with van der Waals surface area (Å²) in [6, 6.07) is 24.7. The molecule has 0 radical (unpaired) electrons. The number of carbonyl (C=O) groups excluding carboxylic acids is 1. The molecule has 0 heterocycles. The minimum Gasteiger partial charge on any atom is -0.269 e. The molecule has 3 aromatic rings. The fraction of sp³-hybridized carbons (Fsp3) is 0.167. The molecule has 3 rings (SSSR count). The number of nitrogens with one attached hydrogen (secondary N) is 1. The Morgan fingerprint density at radius 2 is 1.48 bits per heavy atom. The van der Waals surface area contributed by atoms with Gasteiger partial charge in [-0.05, 0) is 61.7 Å². The molecule has 0 aromatic heterocycles. The normalized spacial score (nSPS) is 11.7. The van der Waals surface area contributed by atoms with Crippen LogP contribution in [0.4, 0.5) is 5.69 Å². The maximum absolute atomic E-state index is 12.7. The van der Waals surface area contributed by atoms with E-state index in [4.69, 9.17) is 0 Å². The number of rotatable bonds is 8. The lowest BCUT2D eigenvalue weighted by Gasteiger charge is -2.19. The standard InChI is InChI=1S/C24H25N3O3S/c1-19(13-14-20-9-5-3-6-10-20)25-26-24(28)21-15-17-22(18-16-21)27(2)31(29,30)23-11-7-4-8-12-23/h3-12,15-18H,13-14H2,1-2H3,(H,26,28)/b25-19-. The van der Waals surface area contributed by atoms with E-state index < -0.39 is 10.0 Å². The highest BCUT2D eigenvalue weighted by molar-refractivity contribution is 7.92. The summed E-state index contributed by atoms with van der Waals surface area (Å²) in [7, 11) is -2.18. The second kappa shape index (κ2) is 10.0. The molecule has 160 valence electrons. The van der Waals surface area contributed by atoms with Crippen LogP contribution in [0.15, 0.2) is 94.9 Å². The van der Waals surface area contributed by atoms with Crippen LogP contribution in [-0.2, 0) is 16.4 Å². The first-order valence-corrected chi connectivity index (χ1v) is 11.3. The third-order valence-corrected chi connectivity index (χ3v) is 6.66. The fourth-order valence-electron chi connectivity index (χ4n) is 2.95. The second-order valence-electron chi connectivity index (χ2n) is 7.11. The van der Waals surface area contributed by atoms with E-state index in [-0.39, 0.29) is 10.8 Å². The van der Waals surface area contributed by atoms with Gasteiger partial charge < -0.3 is 0 Å². The molecule has 0 aliphatic carbocycles. The predicted molar refractivity (Wildman–Crippen MR) is 124 cm³/mol. The van der Waals surface area contributed by atoms with E-state index in [0.29, 0.717) is 11.3 Å². The Hall–Kier alpha value is -3.45. The molecule has 0 unspecified atom stereocenters. The van der Waals surface area contributed by atoms with Crippen molar-refractivity contribution in [1.82, 2.24) is 5.43 Å². The summed E-state index contributed by atoms with van der Waals surface area (Å²) in [5, 5.41) is 4.16. The van der Waals surface area contributed by atoms with Crippen LogP contribution in [0.25, 0.3) is 0 Å². The number of nitrogens with zero attached hydrogens (tertiary/aromatic N) is 2. The van der Waals surface area contributed by atoms with Crippen LogP contribution in [0.5, 0.6) is 0 Å². The van der Waals surface area contributed by atoms with E-state index in [1.54, 1.807) is 54.6 Å². The van der Waals surface area contributed by atoms with Gasteiger partial charge in [0.1, 0.15) is 0 Å². The third-order valence-electron chi connectivity index (χ3n) is 4.86. The van der Waals surface area contributed by atoms with Crippen LogP contribution >= 0.6 is 0 Å². The molecule has 0 aliphatic rings. The van der Waals surface area contributed by atoms with Crippen LogP contribution < -0.4 is 9.73 Å². The molecule has 0 saturated heterocycles. The van der Waals surface area contributed by atoms with Crippen molar-refractivity contribution in [3.8, 4) is 0 Å². The lowest BCUT2D eigenvalue weighted by molar-refractivity contribution is 0.0954. The molecule has 0 bridgehead atoms. The Bertz CT molecular complexity index is 1140. The first kappa shape index (κ1) is 22.2. The Balaban J connectivity index is 1.61. The van der Waals surface area contributed by atoms with Crippen molar-refractivity contribution >= 4 is 27.3 Å². The minimum atomic E-state index is -3.66. The van der Waals surface area contributed by atoms with E-state index >= 15 is 0 Å². The van der Waals surface area contributed by atoms with Gasteiger partial charge in [-0.1, -0.05) is 48.5 Å². The predicted octanol–water partition coefficient (Wildman–Crippen LogP) is 4.25. The average Bonchev–Trinajstić information content (AvgIpc) is 2.82. The molecular formula is C24H25N3O3S. The van der Waals surface area contributed by atoms with E-state index in [0.717, 1.165) is 18.6 Å². The van der Waals surface area contributed by atoms with Crippen molar-refractivity contribution in [2.75, 3.05) is 11.4 Å². The van der Waals surface area contributed by atoms with Gasteiger partial charge in [0.15, 0.2) is 0 Å². The number of hydrogen-bond acceptors (Lipinski definition) is 4. The number of hydrogen-bond donors (Lipinski definition) is 1. The van der Waals surface area contributed by atoms with Crippen LogP contribution in [0, 0.1) is 0 Å². The van der Waals surface area contributed by atoms with Gasteiger partial charge in [0, 0.05) is 18.3 Å². The van der Waals surface area contributed by atoms with Gasteiger partial charge in [0.2, 0.25) is 0 Å². The Labute approximate surface area is 183 Å². The number of benzene rings is 3. The lowest BCUT2D eigenvalue weighted by atomic mass is 10.1. The summed E-state index contributed by atoms with van der Waals surface area (Å²) in [5.74, 6) is -0.348. The summed E-state index contributed by atoms with van der Waals surface area (Å²) in [6.07, 6.45) is 1.59. The van der Waals surface area contributed by atoms with Gasteiger partial charge in [0.05, 0.1) is 10.6 Å². The number of aryl methyl sites for hydroxylation is 1. The first-order valence-electron chi connectivity index (χ1n) is 9.89. The van der Waals surface area contributed by atoms with Gasteiger partial charge in [-0.3, -0.25) is 9.10 Å². The number of anilines is 1. The van der Waals surface area contributed by atoms with Gasteiger partial charge in [-0.15, -0.1) is 0 Å². The lowest BCUT2D eigenvalue weighted by Crippen LogP contribution is -2.26. The highest BCUT2D eigenvalue weighted by atomic mass is 32.2. The summed E-state index contributed by atoms with van der Waals surface area (Å²) in [5.41, 5.74) is 5.45. The van der Waals surface area contributed by atoms with E-state index in [9.17, 15) is 13.2 Å². The smallest absolute Gasteiger partial charge is 0.269 e. The van der Waals surface area contributed by atoms with E-state index in [2.05, 4.69) is 22.7 Å². The summed E-state index contributed by atoms with van der Waals surface area (Å²) in [4.78, 5) is 12.6. The van der Waals surface area contributed by atoms with Crippen LogP contribution in [0.2, 0.25) is 0 Å². The highest BCUT2D eigenvalue weighted by Crippen LogP contribution is 2.22. The Morgan fingerprint density at radius 1 is 0.903 bits per heavy atom. The first-order chi connectivity index (χ1) is 14.9. The molecule has 1 amide bonds. The fourth-order valence-corrected chi connectivity index (χ4v) is 4.17. The maximum Gasteiger partial charge on any atom is 0.271 e. The van der Waals surface area contributed by atoms with Gasteiger partial charge in [-0.2, -0.15) is 5.10 Å². The molecule has 0 aliphatic heterocycles. The third kappa shape index (κ3) is 5.79. The Morgan fingerprint density at radius 3 is 2.10 bits per heavy atom. The molecule has 1 N–H and O–H groups in total. The van der Waals surface area contributed by atoms with Crippen molar-refractivity contribution in [3.05, 3.63) is 96.1 Å². The van der Waals surface area contributed by atoms with Gasteiger partial charge in [-0.25, -0.2) is 13.8 Å². The highest BCUT2D eigenvalue weighted by Gasteiger charge is 2.21. The maximum atomic E-state index is 12.7. The monoisotopic (exact) mass is 435 g/mol. The summed E-state index contributed by atoms with van der Waals surface area (Å²) in [6.45, 7) is 1.87. The summed E-state index contributed by atoms with van der Waals surface area (Å²) < 4.78 is 26.6. The van der Waals surface area contributed by atoms with Gasteiger partial charge >= 0.3 is 0 Å². The molecule has 0 fully saturated rings. The molecule has 0 atom stereocenters. The molecule has 7 heteroatoms. The zero-order valence-corrected chi connectivity index (χ0v) is 18.3. The number of hydrazone groups is 1. The minimum absolute atomic E-state index is 0.208. The van der Waals surface area contributed by atoms with Crippen molar-refractivity contribution in [3.63, 3.8) is 0 Å². The number of carbonyl (C=O) groups is 1. The SMILES string of the molecule is C/C(CCc1ccccc1)=N/NC(=O)c1ccc(N(C)S(=O)(=O)c2ccccc2)cc1. The van der Waals surface area contributed by atoms with Crippen molar-refractivity contribution in [2.45, 2.75) is 24.7 Å². The molecule has 0 saturated carbocycles. The van der Waals surface area contributed by atoms with Crippen LogP contribution in [0.3, 0.4) is 0 Å². The van der Waals surface area contributed by atoms with Crippen LogP contribution in [-0.4, -0.2) is 27.1 Å². The second-order valence-corrected chi connectivity index (χ2v) is 9.08. The van der Waals surface area contributed by atoms with E-state index in [1.807, 2.05) is 25.1 Å². The zero-order valence-electron chi connectivity index (χ0n) is 17.5. The number of amides is 1. The van der Waals surface area contributed by atoms with Crippen molar-refractivity contribution < 1.29 is 13.2 Å². The zero-order chi connectivity index (χ0) is 22.3. The van der Waals surface area contributed by atoms with E-state index in [1.165, 1.54) is 16.9 Å². The molecule has 31 heavy (non-hydrogen) atoms. The number of sulfonamides is 1. The van der Waals surface area contributed by atoms with Crippen molar-refractivity contribution in [2.24, 2.45) is 5.10 Å². The average molecular weight is 436 g/mol.